The number of amides is 3. The number of hydrogen-bond acceptors (Lipinski definition) is 4. The van der Waals surface area contributed by atoms with Crippen LogP contribution in [0.5, 0.6) is 0 Å². The summed E-state index contributed by atoms with van der Waals surface area (Å²) in [5.41, 5.74) is 1.29. The van der Waals surface area contributed by atoms with E-state index >= 15 is 0 Å². The first-order chi connectivity index (χ1) is 15.3. The number of benzene rings is 2. The molecular weight excluding hydrogens is 406 g/mol. The van der Waals surface area contributed by atoms with Crippen molar-refractivity contribution in [1.29, 1.82) is 0 Å². The second-order valence-electron chi connectivity index (χ2n) is 8.43. The molecule has 2 rings (SSSR count). The first kappa shape index (κ1) is 24.9. The lowest BCUT2D eigenvalue weighted by atomic mass is 9.90. The third-order valence-corrected chi connectivity index (χ3v) is 4.52. The van der Waals surface area contributed by atoms with Crippen molar-refractivity contribution in [2.45, 2.75) is 45.1 Å². The molecule has 0 bridgehead atoms. The van der Waals surface area contributed by atoms with E-state index in [-0.39, 0.29) is 30.7 Å². The Kier molecular flexibility index (Phi) is 9.73. The molecule has 0 spiro atoms. The van der Waals surface area contributed by atoms with Crippen molar-refractivity contribution in [2.75, 3.05) is 19.6 Å². The molecule has 0 aliphatic rings. The molecule has 3 amide bonds. The number of alkyl carbamates (subject to hydrolysis) is 1. The van der Waals surface area contributed by atoms with Gasteiger partial charge in [0.15, 0.2) is 0 Å². The van der Waals surface area contributed by atoms with Gasteiger partial charge in [-0.15, -0.1) is 0 Å². The molecule has 2 aromatic rings. The molecule has 172 valence electrons. The third kappa shape index (κ3) is 9.20. The van der Waals surface area contributed by atoms with Gasteiger partial charge >= 0.3 is 6.09 Å². The van der Waals surface area contributed by atoms with Crippen molar-refractivity contribution in [1.82, 2.24) is 16.0 Å². The van der Waals surface area contributed by atoms with Crippen molar-refractivity contribution in [3.05, 3.63) is 71.8 Å². The van der Waals surface area contributed by atoms with Gasteiger partial charge in [-0.3, -0.25) is 9.59 Å². The summed E-state index contributed by atoms with van der Waals surface area (Å²) in [6, 6.07) is 19.3. The van der Waals surface area contributed by atoms with Gasteiger partial charge in [0.2, 0.25) is 11.8 Å². The lowest BCUT2D eigenvalue weighted by Gasteiger charge is -2.19. The Bertz CT molecular complexity index is 824. The average Bonchev–Trinajstić information content (AvgIpc) is 2.74. The van der Waals surface area contributed by atoms with Crippen LogP contribution in [0, 0.1) is 0 Å². The molecule has 0 saturated carbocycles. The van der Waals surface area contributed by atoms with E-state index in [4.69, 9.17) is 4.74 Å². The molecule has 7 nitrogen and oxygen atoms in total. The molecule has 2 aromatic carbocycles. The van der Waals surface area contributed by atoms with E-state index in [9.17, 15) is 14.4 Å². The maximum atomic E-state index is 12.9. The Labute approximate surface area is 189 Å². The lowest BCUT2D eigenvalue weighted by molar-refractivity contribution is -0.121. The number of hydrogen-bond donors (Lipinski definition) is 3. The lowest BCUT2D eigenvalue weighted by Crippen LogP contribution is -2.36. The van der Waals surface area contributed by atoms with E-state index in [2.05, 4.69) is 16.0 Å². The Morgan fingerprint density at radius 1 is 0.781 bits per heavy atom. The number of nitrogens with one attached hydrogen (secondary N) is 3. The summed E-state index contributed by atoms with van der Waals surface area (Å²) in [7, 11) is 0. The highest BCUT2D eigenvalue weighted by molar-refractivity contribution is 5.87. The maximum absolute atomic E-state index is 12.9. The van der Waals surface area contributed by atoms with Crippen LogP contribution in [-0.2, 0) is 14.3 Å². The minimum atomic E-state index is -0.573. The van der Waals surface area contributed by atoms with Crippen LogP contribution in [0.2, 0.25) is 0 Å². The van der Waals surface area contributed by atoms with Gasteiger partial charge in [-0.25, -0.2) is 4.79 Å². The smallest absolute Gasteiger partial charge is 0.407 e. The first-order valence-electron chi connectivity index (χ1n) is 10.9. The predicted molar refractivity (Wildman–Crippen MR) is 124 cm³/mol. The highest BCUT2D eigenvalue weighted by Gasteiger charge is 2.22. The van der Waals surface area contributed by atoms with Gasteiger partial charge < -0.3 is 20.7 Å². The molecule has 0 aromatic heterocycles. The van der Waals surface area contributed by atoms with E-state index < -0.39 is 11.7 Å². The van der Waals surface area contributed by atoms with Gasteiger partial charge in [-0.2, -0.15) is 0 Å². The van der Waals surface area contributed by atoms with Gasteiger partial charge in [0, 0.05) is 26.1 Å². The van der Waals surface area contributed by atoms with Crippen molar-refractivity contribution in [2.24, 2.45) is 0 Å². The zero-order chi connectivity index (χ0) is 23.4. The van der Waals surface area contributed by atoms with Crippen molar-refractivity contribution >= 4 is 17.9 Å². The fourth-order valence-electron chi connectivity index (χ4n) is 3.10. The van der Waals surface area contributed by atoms with E-state index in [1.165, 1.54) is 0 Å². The molecule has 0 aliphatic heterocycles. The van der Waals surface area contributed by atoms with Gasteiger partial charge in [0.1, 0.15) is 5.60 Å². The second kappa shape index (κ2) is 12.5. The van der Waals surface area contributed by atoms with Crippen LogP contribution in [0.1, 0.15) is 50.7 Å². The molecule has 0 saturated heterocycles. The van der Waals surface area contributed by atoms with Crippen LogP contribution < -0.4 is 16.0 Å². The molecule has 0 aliphatic carbocycles. The van der Waals surface area contributed by atoms with Gasteiger partial charge in [-0.1, -0.05) is 60.7 Å². The highest BCUT2D eigenvalue weighted by Crippen LogP contribution is 2.24. The average molecular weight is 440 g/mol. The minimum Gasteiger partial charge on any atom is -0.444 e. The van der Waals surface area contributed by atoms with Crippen molar-refractivity contribution < 1.29 is 19.1 Å². The molecule has 0 atom stereocenters. The standard InChI is InChI=1S/C25H33N3O4/c1-25(2,3)32-24(31)28-18-15-21(29)26-16-10-17-27-23(30)22(19-11-6-4-7-12-19)20-13-8-5-9-14-20/h4-9,11-14,22H,10,15-18H2,1-3H3,(H,26,29)(H,27,30)(H,28,31). The zero-order valence-electron chi connectivity index (χ0n) is 19.0. The zero-order valence-corrected chi connectivity index (χ0v) is 19.0. The van der Waals surface area contributed by atoms with E-state index in [1.54, 1.807) is 20.8 Å². The molecule has 0 radical (unpaired) electrons. The quantitative estimate of drug-likeness (QED) is 0.495. The Morgan fingerprint density at radius 2 is 1.31 bits per heavy atom. The minimum absolute atomic E-state index is 0.0738. The van der Waals surface area contributed by atoms with Crippen LogP contribution in [0.3, 0.4) is 0 Å². The van der Waals surface area contributed by atoms with Gasteiger partial charge in [-0.05, 0) is 38.3 Å². The normalized spacial score (nSPS) is 11.0. The van der Waals surface area contributed by atoms with Crippen LogP contribution in [0.25, 0.3) is 0 Å². The predicted octanol–water partition coefficient (Wildman–Crippen LogP) is 3.36. The first-order valence-corrected chi connectivity index (χ1v) is 10.9. The summed E-state index contributed by atoms with van der Waals surface area (Å²) in [5, 5.41) is 8.31. The molecule has 0 fully saturated rings. The van der Waals surface area contributed by atoms with E-state index in [1.807, 2.05) is 60.7 Å². The van der Waals surface area contributed by atoms with Crippen molar-refractivity contribution in [3.63, 3.8) is 0 Å². The summed E-state index contributed by atoms with van der Waals surface area (Å²) in [6.45, 7) is 6.42. The molecule has 0 unspecified atom stereocenters. The molecular formula is C25H33N3O4. The van der Waals surface area contributed by atoms with E-state index in [0.717, 1.165) is 11.1 Å². The molecule has 0 heterocycles. The van der Waals surface area contributed by atoms with Crippen LogP contribution in [-0.4, -0.2) is 43.1 Å². The highest BCUT2D eigenvalue weighted by atomic mass is 16.6. The molecule has 3 N–H and O–H groups in total. The summed E-state index contributed by atoms with van der Waals surface area (Å²) in [4.78, 5) is 36.3. The number of ether oxygens (including phenoxy) is 1. The van der Waals surface area contributed by atoms with Crippen molar-refractivity contribution in [3.8, 4) is 0 Å². The van der Waals surface area contributed by atoms with Crippen LogP contribution >= 0.6 is 0 Å². The fraction of sp³-hybridized carbons (Fsp3) is 0.400. The largest absolute Gasteiger partial charge is 0.444 e. The monoisotopic (exact) mass is 439 g/mol. The molecule has 32 heavy (non-hydrogen) atoms. The second-order valence-corrected chi connectivity index (χ2v) is 8.43. The summed E-state index contributed by atoms with van der Waals surface area (Å²) < 4.78 is 5.12. The van der Waals surface area contributed by atoms with E-state index in [0.29, 0.717) is 19.5 Å². The van der Waals surface area contributed by atoms with Crippen LogP contribution in [0.15, 0.2) is 60.7 Å². The van der Waals surface area contributed by atoms with Gasteiger partial charge in [0.05, 0.1) is 5.92 Å². The molecule has 7 heteroatoms. The Balaban J connectivity index is 1.70. The Morgan fingerprint density at radius 3 is 1.84 bits per heavy atom. The van der Waals surface area contributed by atoms with Crippen LogP contribution in [0.4, 0.5) is 4.79 Å². The third-order valence-electron chi connectivity index (χ3n) is 4.52. The van der Waals surface area contributed by atoms with Gasteiger partial charge in [0.25, 0.3) is 0 Å². The topological polar surface area (TPSA) is 96.5 Å². The number of carbonyl (C=O) groups is 3. The summed E-state index contributed by atoms with van der Waals surface area (Å²) in [5.74, 6) is -0.625. The summed E-state index contributed by atoms with van der Waals surface area (Å²) in [6.07, 6.45) is 0.225. The maximum Gasteiger partial charge on any atom is 0.407 e. The SMILES string of the molecule is CC(C)(C)OC(=O)NCCC(=O)NCCCNC(=O)C(c1ccccc1)c1ccccc1. The fourth-order valence-corrected chi connectivity index (χ4v) is 3.10. The Hall–Kier alpha value is -3.35. The number of carbonyl (C=O) groups excluding carboxylic acids is 3. The number of rotatable bonds is 10. The summed E-state index contributed by atoms with van der Waals surface area (Å²) >= 11 is 0.